The molecule has 1 aromatic rings. The second-order valence-corrected chi connectivity index (χ2v) is 17.4. The van der Waals surface area contributed by atoms with Gasteiger partial charge in [0.15, 0.2) is 5.96 Å². The highest BCUT2D eigenvalue weighted by atomic mass is 16.5. The van der Waals surface area contributed by atoms with E-state index >= 15 is 0 Å². The molecule has 0 aliphatic heterocycles. The predicted molar refractivity (Wildman–Crippen MR) is 261 cm³/mol. The van der Waals surface area contributed by atoms with E-state index in [2.05, 4.69) is 42.2 Å². The number of carboxylic acid groups (broad SMARTS) is 3. The monoisotopic (exact) mass is 1050 g/mol. The molecule has 0 saturated carbocycles. The molecule has 29 nitrogen and oxygen atoms in total. The first-order valence-electron chi connectivity index (χ1n) is 23.6. The van der Waals surface area contributed by atoms with Crippen molar-refractivity contribution in [3.05, 3.63) is 35.9 Å². The van der Waals surface area contributed by atoms with Crippen LogP contribution >= 0.6 is 0 Å². The largest absolute Gasteiger partial charge is 0.481 e. The Kier molecular flexibility index (Phi) is 29.6. The summed E-state index contributed by atoms with van der Waals surface area (Å²) >= 11 is 0. The maximum atomic E-state index is 14.0. The van der Waals surface area contributed by atoms with Gasteiger partial charge in [-0.15, -0.1) is 0 Å². The lowest BCUT2D eigenvalue weighted by Gasteiger charge is -2.28. The predicted octanol–water partition coefficient (Wildman–Crippen LogP) is -3.63. The van der Waals surface area contributed by atoms with Crippen molar-refractivity contribution in [1.29, 1.82) is 0 Å². The molecule has 0 radical (unpaired) electrons. The third kappa shape index (κ3) is 27.5. The lowest BCUT2D eigenvalue weighted by atomic mass is 10.0. The number of carboxylic acids is 3. The zero-order chi connectivity index (χ0) is 55.9. The summed E-state index contributed by atoms with van der Waals surface area (Å²) in [5, 5.41) is 45.1. The molecule has 0 bridgehead atoms. The van der Waals surface area contributed by atoms with Crippen LogP contribution in [0, 0.1) is 5.92 Å². The summed E-state index contributed by atoms with van der Waals surface area (Å²) < 4.78 is 5.26. The number of hydrogen-bond acceptors (Lipinski definition) is 15. The Bertz CT molecular complexity index is 2120. The molecule has 9 amide bonds. The number of unbranched alkanes of at least 4 members (excludes halogenated alkanes) is 1. The van der Waals surface area contributed by atoms with Crippen LogP contribution in [-0.4, -0.2) is 148 Å². The number of carbonyl (C=O) groups excluding carboxylic acids is 9. The van der Waals surface area contributed by atoms with E-state index in [-0.39, 0.29) is 63.7 Å². The first-order valence-corrected chi connectivity index (χ1v) is 23.6. The van der Waals surface area contributed by atoms with Crippen molar-refractivity contribution in [3.8, 4) is 0 Å². The van der Waals surface area contributed by atoms with E-state index in [4.69, 9.17) is 33.4 Å². The maximum absolute atomic E-state index is 14.0. The molecule has 7 atom stereocenters. The van der Waals surface area contributed by atoms with Crippen LogP contribution in [0.4, 0.5) is 4.79 Å². The van der Waals surface area contributed by atoms with Gasteiger partial charge in [0.2, 0.25) is 47.3 Å². The minimum Gasteiger partial charge on any atom is -0.481 e. The number of nitrogens with one attached hydrogen (secondary N) is 7. The molecule has 0 aromatic heterocycles. The van der Waals surface area contributed by atoms with Crippen molar-refractivity contribution >= 4 is 77.2 Å². The topological polar surface area (TPSA) is 501 Å². The van der Waals surface area contributed by atoms with Crippen molar-refractivity contribution in [1.82, 2.24) is 37.2 Å². The smallest absolute Gasteiger partial charge is 0.408 e. The Balaban J connectivity index is 3.53. The van der Waals surface area contributed by atoms with Crippen LogP contribution in [0.2, 0.25) is 0 Å². The second-order valence-electron chi connectivity index (χ2n) is 17.4. The number of benzene rings is 1. The van der Waals surface area contributed by atoms with E-state index in [1.807, 2.05) is 0 Å². The summed E-state index contributed by atoms with van der Waals surface area (Å²) in [6, 6.07) is -2.75. The Labute approximate surface area is 426 Å². The minimum absolute atomic E-state index is 0.00490. The van der Waals surface area contributed by atoms with Gasteiger partial charge in [-0.2, -0.15) is 0 Å². The van der Waals surface area contributed by atoms with Crippen LogP contribution in [-0.2, 0) is 64.1 Å². The molecule has 0 aliphatic rings. The zero-order valence-electron chi connectivity index (χ0n) is 41.3. The van der Waals surface area contributed by atoms with Crippen molar-refractivity contribution in [2.75, 3.05) is 13.1 Å². The molecule has 74 heavy (non-hydrogen) atoms. The number of rotatable bonds is 37. The first-order chi connectivity index (χ1) is 34.8. The van der Waals surface area contributed by atoms with Gasteiger partial charge >= 0.3 is 24.0 Å². The number of nitrogens with zero attached hydrogens (tertiary/aromatic N) is 1. The second kappa shape index (κ2) is 34.3. The fourth-order valence-corrected chi connectivity index (χ4v) is 6.81. The first kappa shape index (κ1) is 63.9. The number of hydrogen-bond donors (Lipinski definition) is 15. The van der Waals surface area contributed by atoms with Crippen molar-refractivity contribution < 1.29 is 77.6 Å². The fraction of sp³-hybridized carbons (Fsp3) is 0.578. The highest BCUT2D eigenvalue weighted by molar-refractivity contribution is 5.98. The molecule has 412 valence electrons. The van der Waals surface area contributed by atoms with E-state index in [1.54, 1.807) is 44.2 Å². The van der Waals surface area contributed by atoms with Gasteiger partial charge in [-0.05, 0) is 75.8 Å². The number of aliphatic imine (C=N–C) groups is 1. The molecule has 0 aliphatic carbocycles. The van der Waals surface area contributed by atoms with Crippen molar-refractivity contribution in [2.45, 2.75) is 146 Å². The number of primary amides is 2. The molecule has 0 heterocycles. The normalized spacial score (nSPS) is 13.6. The number of nitrogens with two attached hydrogens (primary N) is 5. The molecule has 0 saturated heterocycles. The number of amides is 9. The number of alkyl carbamates (subject to hydrolysis) is 1. The van der Waals surface area contributed by atoms with Crippen molar-refractivity contribution in [3.63, 3.8) is 0 Å². The summed E-state index contributed by atoms with van der Waals surface area (Å²) in [5.74, 6) is -13.4. The lowest BCUT2D eigenvalue weighted by Crippen LogP contribution is -2.60. The van der Waals surface area contributed by atoms with Gasteiger partial charge in [0.25, 0.3) is 0 Å². The zero-order valence-corrected chi connectivity index (χ0v) is 41.3. The van der Waals surface area contributed by atoms with Gasteiger partial charge in [0.1, 0.15) is 48.9 Å². The van der Waals surface area contributed by atoms with Crippen LogP contribution in [0.3, 0.4) is 0 Å². The van der Waals surface area contributed by atoms with Crippen molar-refractivity contribution in [2.24, 2.45) is 39.6 Å². The van der Waals surface area contributed by atoms with E-state index < -0.39 is 158 Å². The Morgan fingerprint density at radius 1 is 0.527 bits per heavy atom. The average molecular weight is 1050 g/mol. The van der Waals surface area contributed by atoms with Gasteiger partial charge in [0, 0.05) is 25.8 Å². The Hall–Kier alpha value is -8.11. The van der Waals surface area contributed by atoms with Gasteiger partial charge < -0.3 is 85.9 Å². The lowest BCUT2D eigenvalue weighted by molar-refractivity contribution is -0.143. The number of aliphatic carboxylic acids is 3. The molecule has 1 aromatic carbocycles. The molecule has 1 rings (SSSR count). The summed E-state index contributed by atoms with van der Waals surface area (Å²) in [6.07, 6.45) is -5.27. The third-order valence-corrected chi connectivity index (χ3v) is 10.6. The molecule has 0 fully saturated rings. The van der Waals surface area contributed by atoms with Crippen LogP contribution in [0.25, 0.3) is 0 Å². The Morgan fingerprint density at radius 3 is 1.34 bits per heavy atom. The maximum Gasteiger partial charge on any atom is 0.408 e. The minimum atomic E-state index is -1.83. The Morgan fingerprint density at radius 2 is 0.946 bits per heavy atom. The number of ether oxygens (including phenoxy) is 1. The highest BCUT2D eigenvalue weighted by Crippen LogP contribution is 2.12. The summed E-state index contributed by atoms with van der Waals surface area (Å²) in [4.78, 5) is 158. The SMILES string of the molecule is CC(C)CC(NC(=O)OCc1ccccc1)C(=O)NC(CCC(N)=O)C(=O)NC(CCC(=O)O)C(=O)NC(CCCCN)C(=O)NC(CCC(=O)O)C(=O)NC(CCCN=C(N)N)C(=O)NC(CC(N)=O)C(=O)O. The molecule has 29 heteroatoms. The summed E-state index contributed by atoms with van der Waals surface area (Å²) in [6.45, 7) is 3.42. The summed E-state index contributed by atoms with van der Waals surface area (Å²) in [5.41, 5.74) is 27.5. The number of carbonyl (C=O) groups is 12. The third-order valence-electron chi connectivity index (χ3n) is 10.6. The fourth-order valence-electron chi connectivity index (χ4n) is 6.81. The van der Waals surface area contributed by atoms with Gasteiger partial charge in [-0.3, -0.25) is 52.9 Å². The van der Waals surface area contributed by atoms with Gasteiger partial charge in [0.05, 0.1) is 6.42 Å². The van der Waals surface area contributed by atoms with Crippen LogP contribution < -0.4 is 65.9 Å². The molecule has 0 spiro atoms. The van der Waals surface area contributed by atoms with E-state index in [1.165, 1.54) is 0 Å². The standard InChI is InChI=1S/C45H71N13O16/c1-24(2)21-31(58-45(73)74-23-25-9-4-3-5-10-25)42(70)56-28(13-16-33(47)59)39(67)55-30(15-18-36(63)64)40(68)52-26(11-6-7-19-46)37(65)54-29(14-17-35(61)62)41(69)53-27(12-8-20-51-44(49)50)38(66)57-32(43(71)72)22-34(48)60/h3-5,9-10,24,26-32H,6-8,11-23,46H2,1-2H3,(H2,47,59)(H2,48,60)(H,52,68)(H,53,69)(H,54,65)(H,55,67)(H,56,70)(H,57,66)(H,58,73)(H,61,62)(H,63,64)(H,71,72)(H4,49,50,51). The van der Waals surface area contributed by atoms with E-state index in [9.17, 15) is 72.9 Å². The summed E-state index contributed by atoms with van der Waals surface area (Å²) in [7, 11) is 0. The van der Waals surface area contributed by atoms with Crippen LogP contribution in [0.1, 0.15) is 103 Å². The van der Waals surface area contributed by atoms with Gasteiger partial charge in [-0.25, -0.2) is 9.59 Å². The number of guanidine groups is 1. The molecule has 20 N–H and O–H groups in total. The quantitative estimate of drug-likeness (QED) is 0.0174. The molecule has 7 unspecified atom stereocenters. The molecular formula is C45H71N13O16. The van der Waals surface area contributed by atoms with Crippen LogP contribution in [0.15, 0.2) is 35.3 Å². The molecular weight excluding hydrogens is 979 g/mol. The highest BCUT2D eigenvalue weighted by Gasteiger charge is 2.35. The van der Waals surface area contributed by atoms with Crippen LogP contribution in [0.5, 0.6) is 0 Å². The average Bonchev–Trinajstić information content (AvgIpc) is 3.31. The van der Waals surface area contributed by atoms with Gasteiger partial charge in [-0.1, -0.05) is 44.2 Å². The van der Waals surface area contributed by atoms with E-state index in [0.29, 0.717) is 12.0 Å². The van der Waals surface area contributed by atoms with E-state index in [0.717, 1.165) is 0 Å².